The number of nitrogens with one attached hydrogen (secondary N) is 1. The summed E-state index contributed by atoms with van der Waals surface area (Å²) in [7, 11) is 1.59. The van der Waals surface area contributed by atoms with E-state index in [-0.39, 0.29) is 17.7 Å². The lowest BCUT2D eigenvalue weighted by Gasteiger charge is -2.30. The van der Waals surface area contributed by atoms with Crippen LogP contribution in [0, 0.1) is 12.8 Å². The Balaban J connectivity index is 1.33. The monoisotopic (exact) mass is 428 g/mol. The summed E-state index contributed by atoms with van der Waals surface area (Å²) in [6.45, 7) is 5.38. The van der Waals surface area contributed by atoms with E-state index < -0.39 is 0 Å². The van der Waals surface area contributed by atoms with Crippen molar-refractivity contribution in [1.82, 2.24) is 9.88 Å². The minimum atomic E-state index is 0.00394. The number of amides is 2. The summed E-state index contributed by atoms with van der Waals surface area (Å²) in [6.07, 6.45) is 3.11. The Labute approximate surface area is 181 Å². The van der Waals surface area contributed by atoms with Gasteiger partial charge in [-0.05, 0) is 51.4 Å². The summed E-state index contributed by atoms with van der Waals surface area (Å²) >= 11 is 1.68. The quantitative estimate of drug-likeness (QED) is 0.763. The zero-order valence-corrected chi connectivity index (χ0v) is 18.3. The number of methoxy groups -OCH3 is 1. The first-order valence-corrected chi connectivity index (χ1v) is 11.3. The minimum Gasteiger partial charge on any atom is -0.494 e. The van der Waals surface area contributed by atoms with Crippen LogP contribution in [0.5, 0.6) is 5.75 Å². The van der Waals surface area contributed by atoms with Crippen molar-refractivity contribution in [3.63, 3.8) is 0 Å². The molecule has 160 valence electrons. The predicted molar refractivity (Wildman–Crippen MR) is 118 cm³/mol. The van der Waals surface area contributed by atoms with Crippen LogP contribution < -0.4 is 15.0 Å². The molecule has 3 heterocycles. The van der Waals surface area contributed by atoms with E-state index in [9.17, 15) is 9.59 Å². The third kappa shape index (κ3) is 4.65. The van der Waals surface area contributed by atoms with Crippen molar-refractivity contribution in [3.05, 3.63) is 34.3 Å². The van der Waals surface area contributed by atoms with Crippen LogP contribution in [0.25, 0.3) is 0 Å². The second-order valence-electron chi connectivity index (χ2n) is 7.93. The lowest BCUT2D eigenvalue weighted by Crippen LogP contribution is -2.37. The van der Waals surface area contributed by atoms with Gasteiger partial charge in [0.2, 0.25) is 11.8 Å². The Hall–Kier alpha value is -2.45. The van der Waals surface area contributed by atoms with Gasteiger partial charge in [0.15, 0.2) is 0 Å². The highest BCUT2D eigenvalue weighted by molar-refractivity contribution is 7.09. The third-order valence-electron chi connectivity index (χ3n) is 5.82. The molecule has 30 heavy (non-hydrogen) atoms. The molecule has 0 aliphatic carbocycles. The van der Waals surface area contributed by atoms with E-state index in [4.69, 9.17) is 4.74 Å². The van der Waals surface area contributed by atoms with Crippen LogP contribution in [-0.4, -0.2) is 48.4 Å². The van der Waals surface area contributed by atoms with Crippen molar-refractivity contribution in [1.29, 1.82) is 0 Å². The zero-order chi connectivity index (χ0) is 21.1. The first-order chi connectivity index (χ1) is 14.5. The van der Waals surface area contributed by atoms with E-state index in [1.165, 1.54) is 0 Å². The lowest BCUT2D eigenvalue weighted by atomic mass is 9.95. The minimum absolute atomic E-state index is 0.00394. The Kier molecular flexibility index (Phi) is 6.34. The van der Waals surface area contributed by atoms with Crippen molar-refractivity contribution in [3.8, 4) is 5.75 Å². The molecule has 0 radical (unpaired) electrons. The molecule has 0 atom stereocenters. The fourth-order valence-corrected chi connectivity index (χ4v) is 4.79. The summed E-state index contributed by atoms with van der Waals surface area (Å²) in [5, 5.41) is 6.24. The maximum absolute atomic E-state index is 12.8. The predicted octanol–water partition coefficient (Wildman–Crippen LogP) is 3.44. The Morgan fingerprint density at radius 2 is 2.10 bits per heavy atom. The van der Waals surface area contributed by atoms with Gasteiger partial charge in [0.1, 0.15) is 5.75 Å². The van der Waals surface area contributed by atoms with Crippen molar-refractivity contribution >= 4 is 34.5 Å². The molecule has 7 nitrogen and oxygen atoms in total. The molecule has 2 aliphatic rings. The second kappa shape index (κ2) is 9.14. The highest BCUT2D eigenvalue weighted by Crippen LogP contribution is 2.34. The standard InChI is InChI=1S/C22H28N4O3S/c1-15-23-18(14-30-15)13-25-10-7-16(8-11-25)22(28)24-17-5-6-19(20(12-17)29-2)26-9-3-4-21(26)27/h5-6,12,14,16H,3-4,7-11,13H2,1-2H3,(H,24,28). The molecule has 0 unspecified atom stereocenters. The summed E-state index contributed by atoms with van der Waals surface area (Å²) in [5.74, 6) is 0.775. The van der Waals surface area contributed by atoms with Gasteiger partial charge >= 0.3 is 0 Å². The number of anilines is 2. The van der Waals surface area contributed by atoms with Gasteiger partial charge in [-0.1, -0.05) is 0 Å². The maximum Gasteiger partial charge on any atom is 0.227 e. The molecular weight excluding hydrogens is 400 g/mol. The third-order valence-corrected chi connectivity index (χ3v) is 6.64. The van der Waals surface area contributed by atoms with E-state index in [0.29, 0.717) is 24.4 Å². The van der Waals surface area contributed by atoms with Crippen LogP contribution in [0.3, 0.4) is 0 Å². The average Bonchev–Trinajstić information content (AvgIpc) is 3.36. The summed E-state index contributed by atoms with van der Waals surface area (Å²) < 4.78 is 5.49. The number of hydrogen-bond donors (Lipinski definition) is 1. The number of hydrogen-bond acceptors (Lipinski definition) is 6. The van der Waals surface area contributed by atoms with Gasteiger partial charge in [-0.3, -0.25) is 14.5 Å². The molecule has 0 saturated carbocycles. The molecular formula is C22H28N4O3S. The van der Waals surface area contributed by atoms with Crippen LogP contribution in [-0.2, 0) is 16.1 Å². The fraction of sp³-hybridized carbons (Fsp3) is 0.500. The number of aromatic nitrogens is 1. The van der Waals surface area contributed by atoms with E-state index in [2.05, 4.69) is 20.6 Å². The summed E-state index contributed by atoms with van der Waals surface area (Å²) in [5.41, 5.74) is 2.58. The lowest BCUT2D eigenvalue weighted by molar-refractivity contribution is -0.121. The first kappa shape index (κ1) is 20.8. The molecule has 2 saturated heterocycles. The van der Waals surface area contributed by atoms with Crippen LogP contribution in [0.1, 0.15) is 36.4 Å². The zero-order valence-electron chi connectivity index (χ0n) is 17.5. The Bertz CT molecular complexity index is 921. The highest BCUT2D eigenvalue weighted by Gasteiger charge is 2.27. The number of aryl methyl sites for hydroxylation is 1. The molecule has 2 aromatic rings. The largest absolute Gasteiger partial charge is 0.494 e. The summed E-state index contributed by atoms with van der Waals surface area (Å²) in [4.78, 5) is 33.5. The van der Waals surface area contributed by atoms with Gasteiger partial charge in [-0.15, -0.1) is 11.3 Å². The number of likely N-dealkylation sites (tertiary alicyclic amines) is 1. The Morgan fingerprint density at radius 1 is 1.30 bits per heavy atom. The van der Waals surface area contributed by atoms with Gasteiger partial charge < -0.3 is 15.0 Å². The molecule has 2 aliphatic heterocycles. The molecule has 2 fully saturated rings. The van der Waals surface area contributed by atoms with E-state index in [1.807, 2.05) is 19.1 Å². The van der Waals surface area contributed by atoms with Gasteiger partial charge in [0.25, 0.3) is 0 Å². The smallest absolute Gasteiger partial charge is 0.227 e. The van der Waals surface area contributed by atoms with Gasteiger partial charge in [0, 0.05) is 42.6 Å². The second-order valence-corrected chi connectivity index (χ2v) is 9.00. The average molecular weight is 429 g/mol. The number of piperidine rings is 1. The highest BCUT2D eigenvalue weighted by atomic mass is 32.1. The van der Waals surface area contributed by atoms with Gasteiger partial charge in [0.05, 0.1) is 23.5 Å². The summed E-state index contributed by atoms with van der Waals surface area (Å²) in [6, 6.07) is 5.51. The molecule has 0 spiro atoms. The molecule has 0 bridgehead atoms. The molecule has 1 N–H and O–H groups in total. The number of benzene rings is 1. The number of ether oxygens (including phenoxy) is 1. The van der Waals surface area contributed by atoms with Crippen LogP contribution in [0.2, 0.25) is 0 Å². The molecule has 1 aromatic carbocycles. The molecule has 2 amide bonds. The number of rotatable bonds is 6. The van der Waals surface area contributed by atoms with Crippen molar-refractivity contribution in [2.45, 2.75) is 39.2 Å². The fourth-order valence-electron chi connectivity index (χ4n) is 4.19. The molecule has 8 heteroatoms. The number of thiazole rings is 1. The first-order valence-electron chi connectivity index (χ1n) is 10.5. The Morgan fingerprint density at radius 3 is 2.73 bits per heavy atom. The van der Waals surface area contributed by atoms with E-state index in [0.717, 1.165) is 55.3 Å². The normalized spacial score (nSPS) is 18.1. The van der Waals surface area contributed by atoms with Crippen LogP contribution in [0.15, 0.2) is 23.6 Å². The number of carbonyl (C=O) groups is 2. The van der Waals surface area contributed by atoms with Crippen LogP contribution in [0.4, 0.5) is 11.4 Å². The van der Waals surface area contributed by atoms with Crippen molar-refractivity contribution in [2.75, 3.05) is 37.0 Å². The maximum atomic E-state index is 12.8. The van der Waals surface area contributed by atoms with Gasteiger partial charge in [-0.25, -0.2) is 4.98 Å². The van der Waals surface area contributed by atoms with Crippen molar-refractivity contribution in [2.24, 2.45) is 5.92 Å². The van der Waals surface area contributed by atoms with Crippen LogP contribution >= 0.6 is 11.3 Å². The van der Waals surface area contributed by atoms with Crippen molar-refractivity contribution < 1.29 is 14.3 Å². The number of carbonyl (C=O) groups excluding carboxylic acids is 2. The van der Waals surface area contributed by atoms with E-state index >= 15 is 0 Å². The van der Waals surface area contributed by atoms with Gasteiger partial charge in [-0.2, -0.15) is 0 Å². The SMILES string of the molecule is COc1cc(NC(=O)C2CCN(Cc3csc(C)n3)CC2)ccc1N1CCCC1=O. The molecule has 4 rings (SSSR count). The number of nitrogens with zero attached hydrogens (tertiary/aromatic N) is 3. The van der Waals surface area contributed by atoms with E-state index in [1.54, 1.807) is 29.4 Å². The molecule has 1 aromatic heterocycles. The topological polar surface area (TPSA) is 74.8 Å².